The van der Waals surface area contributed by atoms with Crippen LogP contribution in [0.15, 0.2) is 97.6 Å². The zero-order chi connectivity index (χ0) is 23.4. The highest BCUT2D eigenvalue weighted by Gasteiger charge is 2.40. The van der Waals surface area contributed by atoms with Crippen molar-refractivity contribution in [3.05, 3.63) is 103 Å². The highest BCUT2D eigenvalue weighted by molar-refractivity contribution is 5.93. The molecule has 1 fully saturated rings. The molecule has 7 nitrogen and oxygen atoms in total. The van der Waals surface area contributed by atoms with Gasteiger partial charge in [0.15, 0.2) is 0 Å². The van der Waals surface area contributed by atoms with Crippen LogP contribution in [0.25, 0.3) is 45.0 Å². The molecular weight excluding hydrogens is 434 g/mol. The van der Waals surface area contributed by atoms with Crippen LogP contribution in [-0.2, 0) is 5.54 Å². The molecular formula is C28H22N7+. The van der Waals surface area contributed by atoms with Crippen molar-refractivity contribution >= 4 is 16.6 Å². The minimum Gasteiger partial charge on any atom is -0.321 e. The Morgan fingerprint density at radius 2 is 1.60 bits per heavy atom. The summed E-state index contributed by atoms with van der Waals surface area (Å²) >= 11 is 0. The molecule has 2 aromatic carbocycles. The topological polar surface area (TPSA) is 86.6 Å². The van der Waals surface area contributed by atoms with Crippen LogP contribution in [0.3, 0.4) is 0 Å². The Kier molecular flexibility index (Phi) is 4.28. The van der Waals surface area contributed by atoms with Crippen molar-refractivity contribution in [3.63, 3.8) is 0 Å². The summed E-state index contributed by atoms with van der Waals surface area (Å²) in [5.74, 6) is 1.22. The first-order valence-corrected chi connectivity index (χ1v) is 11.7. The molecule has 1 saturated carbocycles. The zero-order valence-corrected chi connectivity index (χ0v) is 18.9. The van der Waals surface area contributed by atoms with E-state index in [4.69, 9.17) is 15.8 Å². The molecule has 35 heavy (non-hydrogen) atoms. The van der Waals surface area contributed by atoms with Gasteiger partial charge >= 0.3 is 5.82 Å². The van der Waals surface area contributed by atoms with Crippen LogP contribution in [0.4, 0.5) is 0 Å². The summed E-state index contributed by atoms with van der Waals surface area (Å²) in [5.41, 5.74) is 12.3. The van der Waals surface area contributed by atoms with Gasteiger partial charge in [-0.1, -0.05) is 47.1 Å². The number of fused-ring (bicyclic) bond motifs is 3. The van der Waals surface area contributed by atoms with E-state index >= 15 is 0 Å². The molecule has 2 N–H and O–H groups in total. The molecule has 0 atom stereocenters. The predicted molar refractivity (Wildman–Crippen MR) is 134 cm³/mol. The van der Waals surface area contributed by atoms with Gasteiger partial charge in [0.25, 0.3) is 5.65 Å². The van der Waals surface area contributed by atoms with Gasteiger partial charge in [0, 0.05) is 29.7 Å². The molecule has 7 heteroatoms. The van der Waals surface area contributed by atoms with Gasteiger partial charge in [0.1, 0.15) is 5.69 Å². The van der Waals surface area contributed by atoms with Gasteiger partial charge in [-0.25, -0.2) is 9.97 Å². The molecule has 1 aliphatic carbocycles. The molecule has 168 valence electrons. The average Bonchev–Trinajstić information content (AvgIpc) is 3.56. The van der Waals surface area contributed by atoms with Crippen molar-refractivity contribution in [1.29, 1.82) is 0 Å². The van der Waals surface area contributed by atoms with Crippen LogP contribution in [0, 0.1) is 0 Å². The lowest BCUT2D eigenvalue weighted by molar-refractivity contribution is -0.499. The second kappa shape index (κ2) is 7.51. The third-order valence-corrected chi connectivity index (χ3v) is 6.74. The lowest BCUT2D eigenvalue weighted by Gasteiger charge is -2.08. The Morgan fingerprint density at radius 3 is 2.34 bits per heavy atom. The summed E-state index contributed by atoms with van der Waals surface area (Å²) in [6, 6.07) is 24.6. The molecule has 0 spiro atoms. The first-order valence-electron chi connectivity index (χ1n) is 11.7. The van der Waals surface area contributed by atoms with E-state index in [-0.39, 0.29) is 5.54 Å². The van der Waals surface area contributed by atoms with Crippen molar-refractivity contribution in [2.45, 2.75) is 18.4 Å². The van der Waals surface area contributed by atoms with Gasteiger partial charge in [-0.05, 0) is 54.3 Å². The number of rotatable bonds is 4. The average molecular weight is 457 g/mol. The summed E-state index contributed by atoms with van der Waals surface area (Å²) in [4.78, 5) is 13.7. The predicted octanol–water partition coefficient (Wildman–Crippen LogP) is 4.23. The van der Waals surface area contributed by atoms with E-state index in [1.54, 1.807) is 18.5 Å². The second-order valence-electron chi connectivity index (χ2n) is 9.04. The van der Waals surface area contributed by atoms with Crippen molar-refractivity contribution in [2.24, 2.45) is 5.73 Å². The fourth-order valence-electron chi connectivity index (χ4n) is 4.60. The number of pyridine rings is 2. The van der Waals surface area contributed by atoms with E-state index in [1.807, 2.05) is 45.7 Å². The van der Waals surface area contributed by atoms with Crippen LogP contribution in [0.2, 0.25) is 0 Å². The summed E-state index contributed by atoms with van der Waals surface area (Å²) in [6.45, 7) is 0. The third-order valence-electron chi connectivity index (χ3n) is 6.74. The van der Waals surface area contributed by atoms with Gasteiger partial charge in [-0.2, -0.15) is 4.40 Å². The van der Waals surface area contributed by atoms with Gasteiger partial charge in [-0.15, -0.1) is 0 Å². The molecule has 0 aliphatic heterocycles. The summed E-state index contributed by atoms with van der Waals surface area (Å²) in [5, 5.41) is 5.98. The number of hydrogen-bond acceptors (Lipinski definition) is 5. The Balaban J connectivity index is 1.50. The number of aromatic nitrogens is 6. The van der Waals surface area contributed by atoms with Gasteiger partial charge in [-0.3, -0.25) is 4.98 Å². The van der Waals surface area contributed by atoms with E-state index in [9.17, 15) is 0 Å². The number of nitrogens with zero attached hydrogens (tertiary/aromatic N) is 6. The normalized spacial score (nSPS) is 14.4. The van der Waals surface area contributed by atoms with Gasteiger partial charge in [0.05, 0.1) is 22.2 Å². The number of nitrogens with two attached hydrogens (primary N) is 1. The second-order valence-corrected chi connectivity index (χ2v) is 9.04. The number of hydrogen-bond donors (Lipinski definition) is 1. The Bertz CT molecular complexity index is 1690. The Hall–Kier alpha value is -4.49. The zero-order valence-electron chi connectivity index (χ0n) is 18.9. The van der Waals surface area contributed by atoms with E-state index in [1.165, 1.54) is 0 Å². The van der Waals surface area contributed by atoms with Crippen molar-refractivity contribution in [1.82, 2.24) is 24.7 Å². The third kappa shape index (κ3) is 3.28. The minimum absolute atomic E-state index is 0.177. The minimum atomic E-state index is -0.177. The maximum Gasteiger partial charge on any atom is 0.351 e. The monoisotopic (exact) mass is 456 g/mol. The SMILES string of the molecule is NC1(c2ccc(-n3nc(-c4ncccn4)[n+]4ccc5ncc(-c6ccccc6)cc5c34)cc2)CC1. The molecule has 0 amide bonds. The van der Waals surface area contributed by atoms with Crippen LogP contribution < -0.4 is 10.1 Å². The molecule has 0 bridgehead atoms. The standard InChI is InChI=1S/C28H22N7/c29-28(12-13-28)21-7-9-22(10-8-21)35-27-23-17-20(19-5-2-1-3-6-19)18-32-24(23)11-16-34(27)26(33-35)25-30-14-4-15-31-25/h1-11,14-18H,12-13,29H2/q+1. The maximum absolute atomic E-state index is 6.42. The van der Waals surface area contributed by atoms with Gasteiger partial charge < -0.3 is 5.73 Å². The summed E-state index contributed by atoms with van der Waals surface area (Å²) in [7, 11) is 0. The van der Waals surface area contributed by atoms with Crippen LogP contribution in [0.1, 0.15) is 18.4 Å². The Labute approximate surface area is 201 Å². The van der Waals surface area contributed by atoms with Crippen molar-refractivity contribution < 1.29 is 4.40 Å². The van der Waals surface area contributed by atoms with Crippen LogP contribution in [0.5, 0.6) is 0 Å². The molecule has 4 aromatic heterocycles. The molecule has 7 rings (SSSR count). The van der Waals surface area contributed by atoms with Crippen LogP contribution in [-0.4, -0.2) is 24.7 Å². The first kappa shape index (κ1) is 19.9. The van der Waals surface area contributed by atoms with E-state index in [2.05, 4.69) is 52.4 Å². The number of benzene rings is 2. The quantitative estimate of drug-likeness (QED) is 0.401. The van der Waals surface area contributed by atoms with E-state index in [0.717, 1.165) is 51.8 Å². The first-order chi connectivity index (χ1) is 17.2. The summed E-state index contributed by atoms with van der Waals surface area (Å²) < 4.78 is 3.98. The van der Waals surface area contributed by atoms with Crippen molar-refractivity contribution in [3.8, 4) is 28.5 Å². The molecule has 1 aliphatic rings. The molecule has 4 heterocycles. The largest absolute Gasteiger partial charge is 0.351 e. The van der Waals surface area contributed by atoms with Crippen molar-refractivity contribution in [2.75, 3.05) is 0 Å². The fraction of sp³-hybridized carbons (Fsp3) is 0.107. The Morgan fingerprint density at radius 1 is 0.829 bits per heavy atom. The lowest BCUT2D eigenvalue weighted by atomic mass is 10.1. The molecule has 0 unspecified atom stereocenters. The van der Waals surface area contributed by atoms with Crippen LogP contribution >= 0.6 is 0 Å². The molecule has 6 aromatic rings. The van der Waals surface area contributed by atoms with E-state index < -0.39 is 0 Å². The molecule has 0 radical (unpaired) electrons. The maximum atomic E-state index is 6.42. The smallest absolute Gasteiger partial charge is 0.321 e. The lowest BCUT2D eigenvalue weighted by Crippen LogP contribution is -2.23. The highest BCUT2D eigenvalue weighted by Crippen LogP contribution is 2.42. The highest BCUT2D eigenvalue weighted by atomic mass is 15.4. The van der Waals surface area contributed by atoms with E-state index in [0.29, 0.717) is 11.6 Å². The van der Waals surface area contributed by atoms with Gasteiger partial charge in [0.2, 0.25) is 5.82 Å². The molecule has 0 saturated heterocycles. The summed E-state index contributed by atoms with van der Waals surface area (Å²) in [6.07, 6.45) is 9.42. The fourth-order valence-corrected chi connectivity index (χ4v) is 4.60.